The predicted molar refractivity (Wildman–Crippen MR) is 62.7 cm³/mol. The lowest BCUT2D eigenvalue weighted by molar-refractivity contribution is -0.150. The number of likely N-dealkylation sites (tertiary alicyclic amines) is 1. The Morgan fingerprint density at radius 1 is 1.50 bits per heavy atom. The first-order valence-corrected chi connectivity index (χ1v) is 6.24. The number of fused-ring (bicyclic) bond motifs is 1. The third-order valence-corrected chi connectivity index (χ3v) is 3.92. The molecule has 0 unspecified atom stereocenters. The lowest BCUT2D eigenvalue weighted by Crippen LogP contribution is -2.52. The fraction of sp³-hybridized carbons (Fsp3) is 0.750. The van der Waals surface area contributed by atoms with E-state index in [4.69, 9.17) is 5.73 Å². The normalized spacial score (nSPS) is 33.1. The standard InChI is InChI=1S/C12H18N2O4/c1-6(13)11(16)14-9-5-8(15)3-2-7(9)4-10(14)12(17)18/h6-7,9-10H,2-5,13H2,1H3,(H,17,18)/t6-,7+,9+,10+/m1/s1. The number of carbonyl (C=O) groups is 3. The minimum absolute atomic E-state index is 0.102. The number of rotatable bonds is 2. The first-order valence-electron chi connectivity index (χ1n) is 6.24. The van der Waals surface area contributed by atoms with Crippen LogP contribution < -0.4 is 5.73 Å². The van der Waals surface area contributed by atoms with Gasteiger partial charge in [0.15, 0.2) is 0 Å². The van der Waals surface area contributed by atoms with E-state index in [9.17, 15) is 19.5 Å². The fourth-order valence-electron chi connectivity index (χ4n) is 3.04. The maximum Gasteiger partial charge on any atom is 0.326 e. The molecule has 1 amide bonds. The Kier molecular flexibility index (Phi) is 3.38. The van der Waals surface area contributed by atoms with Crippen LogP contribution in [-0.4, -0.2) is 45.8 Å². The number of nitrogens with zero attached hydrogens (tertiary/aromatic N) is 1. The molecule has 100 valence electrons. The monoisotopic (exact) mass is 254 g/mol. The van der Waals surface area contributed by atoms with Gasteiger partial charge in [-0.05, 0) is 25.7 Å². The van der Waals surface area contributed by atoms with E-state index in [0.717, 1.165) is 0 Å². The maximum absolute atomic E-state index is 12.0. The van der Waals surface area contributed by atoms with E-state index in [1.54, 1.807) is 6.92 Å². The highest BCUT2D eigenvalue weighted by atomic mass is 16.4. The summed E-state index contributed by atoms with van der Waals surface area (Å²) < 4.78 is 0. The lowest BCUT2D eigenvalue weighted by atomic mass is 9.84. The molecule has 6 nitrogen and oxygen atoms in total. The van der Waals surface area contributed by atoms with Gasteiger partial charge in [0.2, 0.25) is 5.91 Å². The number of Topliss-reactive ketones (excluding diaryl/α,β-unsaturated/α-hetero) is 1. The number of aliphatic carboxylic acids is 1. The van der Waals surface area contributed by atoms with Gasteiger partial charge in [-0.2, -0.15) is 0 Å². The molecule has 0 bridgehead atoms. The summed E-state index contributed by atoms with van der Waals surface area (Å²) in [7, 11) is 0. The van der Waals surface area contributed by atoms with Gasteiger partial charge in [0, 0.05) is 18.9 Å². The molecular formula is C12H18N2O4. The molecule has 18 heavy (non-hydrogen) atoms. The Hall–Kier alpha value is -1.43. The minimum Gasteiger partial charge on any atom is -0.480 e. The van der Waals surface area contributed by atoms with E-state index in [-0.39, 0.29) is 30.1 Å². The predicted octanol–water partition coefficient (Wildman–Crippen LogP) is -0.243. The summed E-state index contributed by atoms with van der Waals surface area (Å²) in [5.74, 6) is -1.16. The van der Waals surface area contributed by atoms with E-state index in [0.29, 0.717) is 19.3 Å². The van der Waals surface area contributed by atoms with Crippen LogP contribution in [0.15, 0.2) is 0 Å². The van der Waals surface area contributed by atoms with Crippen LogP contribution in [0.5, 0.6) is 0 Å². The zero-order chi connectivity index (χ0) is 13.4. The van der Waals surface area contributed by atoms with E-state index >= 15 is 0 Å². The maximum atomic E-state index is 12.0. The Balaban J connectivity index is 2.27. The Morgan fingerprint density at radius 3 is 2.72 bits per heavy atom. The number of carboxylic acid groups (broad SMARTS) is 1. The summed E-state index contributed by atoms with van der Waals surface area (Å²) in [5, 5.41) is 9.21. The van der Waals surface area contributed by atoms with Crippen molar-refractivity contribution in [1.82, 2.24) is 4.90 Å². The van der Waals surface area contributed by atoms with Crippen LogP contribution in [0.25, 0.3) is 0 Å². The van der Waals surface area contributed by atoms with Gasteiger partial charge in [0.1, 0.15) is 11.8 Å². The van der Waals surface area contributed by atoms with Crippen molar-refractivity contribution in [2.75, 3.05) is 0 Å². The average Bonchev–Trinajstić information content (AvgIpc) is 2.66. The molecule has 0 spiro atoms. The van der Waals surface area contributed by atoms with Crippen molar-refractivity contribution >= 4 is 17.7 Å². The number of hydrogen-bond acceptors (Lipinski definition) is 4. The van der Waals surface area contributed by atoms with Crippen LogP contribution in [-0.2, 0) is 14.4 Å². The Bertz CT molecular complexity index is 394. The van der Waals surface area contributed by atoms with Gasteiger partial charge in [0.25, 0.3) is 0 Å². The van der Waals surface area contributed by atoms with Crippen molar-refractivity contribution in [3.05, 3.63) is 0 Å². The smallest absolute Gasteiger partial charge is 0.326 e. The van der Waals surface area contributed by atoms with E-state index in [2.05, 4.69) is 0 Å². The number of ketones is 1. The van der Waals surface area contributed by atoms with Crippen molar-refractivity contribution in [3.8, 4) is 0 Å². The zero-order valence-corrected chi connectivity index (χ0v) is 10.3. The first kappa shape index (κ1) is 13.0. The van der Waals surface area contributed by atoms with Gasteiger partial charge in [-0.1, -0.05) is 0 Å². The Labute approximate surface area is 105 Å². The highest BCUT2D eigenvalue weighted by Gasteiger charge is 2.49. The number of carboxylic acids is 1. The molecule has 6 heteroatoms. The van der Waals surface area contributed by atoms with Crippen molar-refractivity contribution in [2.45, 2.75) is 50.7 Å². The second-order valence-electron chi connectivity index (χ2n) is 5.23. The number of carbonyl (C=O) groups excluding carboxylic acids is 2. The van der Waals surface area contributed by atoms with Gasteiger partial charge in [-0.15, -0.1) is 0 Å². The molecule has 0 aromatic carbocycles. The van der Waals surface area contributed by atoms with Crippen LogP contribution in [0.3, 0.4) is 0 Å². The van der Waals surface area contributed by atoms with E-state index < -0.39 is 18.1 Å². The van der Waals surface area contributed by atoms with Crippen molar-refractivity contribution in [3.63, 3.8) is 0 Å². The molecule has 0 aromatic heterocycles. The SMILES string of the molecule is C[C@@H](N)C(=O)N1[C@H](C(=O)O)C[C@@H]2CCC(=O)C[C@@H]21. The molecule has 3 N–H and O–H groups in total. The highest BCUT2D eigenvalue weighted by molar-refractivity contribution is 5.89. The summed E-state index contributed by atoms with van der Waals surface area (Å²) in [6.45, 7) is 1.54. The van der Waals surface area contributed by atoms with Gasteiger partial charge in [-0.3, -0.25) is 9.59 Å². The number of hydrogen-bond donors (Lipinski definition) is 2. The van der Waals surface area contributed by atoms with Crippen LogP contribution >= 0.6 is 0 Å². The molecule has 1 aliphatic carbocycles. The summed E-state index contributed by atoms with van der Waals surface area (Å²) in [6, 6.07) is -1.84. The summed E-state index contributed by atoms with van der Waals surface area (Å²) in [5.41, 5.74) is 5.57. The van der Waals surface area contributed by atoms with Crippen LogP contribution in [0.4, 0.5) is 0 Å². The van der Waals surface area contributed by atoms with Crippen LogP contribution in [0.1, 0.15) is 32.6 Å². The molecule has 4 atom stereocenters. The molecule has 0 aromatic rings. The lowest BCUT2D eigenvalue weighted by Gasteiger charge is -2.33. The minimum atomic E-state index is -1.01. The van der Waals surface area contributed by atoms with E-state index in [1.165, 1.54) is 4.90 Å². The van der Waals surface area contributed by atoms with Gasteiger partial charge in [0.05, 0.1) is 6.04 Å². The summed E-state index contributed by atoms with van der Waals surface area (Å²) in [6.07, 6.45) is 1.88. The van der Waals surface area contributed by atoms with Crippen LogP contribution in [0.2, 0.25) is 0 Å². The third kappa shape index (κ3) is 2.12. The number of nitrogens with two attached hydrogens (primary N) is 1. The van der Waals surface area contributed by atoms with Crippen LogP contribution in [0, 0.1) is 5.92 Å². The second-order valence-corrected chi connectivity index (χ2v) is 5.23. The molecule has 1 saturated heterocycles. The Morgan fingerprint density at radius 2 is 2.17 bits per heavy atom. The summed E-state index contributed by atoms with van der Waals surface area (Å²) >= 11 is 0. The fourth-order valence-corrected chi connectivity index (χ4v) is 3.04. The molecular weight excluding hydrogens is 236 g/mol. The number of amides is 1. The molecule has 2 fully saturated rings. The van der Waals surface area contributed by atoms with Crippen molar-refractivity contribution < 1.29 is 19.5 Å². The van der Waals surface area contributed by atoms with Crippen molar-refractivity contribution in [2.24, 2.45) is 11.7 Å². The highest BCUT2D eigenvalue weighted by Crippen LogP contribution is 2.38. The topological polar surface area (TPSA) is 101 Å². The van der Waals surface area contributed by atoms with Gasteiger partial charge in [-0.25, -0.2) is 4.79 Å². The van der Waals surface area contributed by atoms with Gasteiger partial charge < -0.3 is 15.7 Å². The van der Waals surface area contributed by atoms with Gasteiger partial charge >= 0.3 is 5.97 Å². The average molecular weight is 254 g/mol. The molecule has 1 heterocycles. The third-order valence-electron chi connectivity index (χ3n) is 3.92. The molecule has 2 aliphatic rings. The zero-order valence-electron chi connectivity index (χ0n) is 10.3. The largest absolute Gasteiger partial charge is 0.480 e. The molecule has 2 rings (SSSR count). The van der Waals surface area contributed by atoms with E-state index in [1.807, 2.05) is 0 Å². The second kappa shape index (κ2) is 4.68. The van der Waals surface area contributed by atoms with Crippen molar-refractivity contribution in [1.29, 1.82) is 0 Å². The quantitative estimate of drug-likeness (QED) is 0.708. The molecule has 1 aliphatic heterocycles. The first-order chi connectivity index (χ1) is 8.41. The molecule has 1 saturated carbocycles. The summed E-state index contributed by atoms with van der Waals surface area (Å²) in [4.78, 5) is 36.1. The molecule has 0 radical (unpaired) electrons.